The van der Waals surface area contributed by atoms with Crippen LogP contribution in [0.2, 0.25) is 0 Å². The van der Waals surface area contributed by atoms with Crippen molar-refractivity contribution < 1.29 is 9.21 Å². The van der Waals surface area contributed by atoms with Crippen molar-refractivity contribution >= 4 is 44.9 Å². The molecule has 3 aromatic rings. The molecule has 6 heteroatoms. The van der Waals surface area contributed by atoms with Gasteiger partial charge in [-0.15, -0.1) is 11.3 Å². The average molecular weight is 375 g/mol. The molecule has 0 aliphatic carbocycles. The molecule has 0 saturated heterocycles. The number of hydrogen-bond donors (Lipinski definition) is 1. The van der Waals surface area contributed by atoms with Crippen molar-refractivity contribution in [1.82, 2.24) is 4.98 Å². The van der Waals surface area contributed by atoms with Crippen LogP contribution < -0.4 is 5.32 Å². The molecule has 0 radical (unpaired) electrons. The zero-order chi connectivity index (χ0) is 15.4. The fourth-order valence-electron chi connectivity index (χ4n) is 1.87. The highest BCUT2D eigenvalue weighted by Crippen LogP contribution is 2.24. The molecule has 1 amide bonds. The summed E-state index contributed by atoms with van der Waals surface area (Å²) >= 11 is 4.96. The number of hydrogen-bond acceptors (Lipinski definition) is 4. The number of nitrogens with one attached hydrogen (secondary N) is 1. The maximum atomic E-state index is 11.9. The Hall–Kier alpha value is -2.18. The second-order valence-corrected chi connectivity index (χ2v) is 6.91. The van der Waals surface area contributed by atoms with Crippen LogP contribution in [0.3, 0.4) is 0 Å². The minimum atomic E-state index is -0.181. The summed E-state index contributed by atoms with van der Waals surface area (Å²) < 4.78 is 6.28. The molecule has 2 heterocycles. The molecule has 0 unspecified atom stereocenters. The van der Waals surface area contributed by atoms with Crippen LogP contribution in [0, 0.1) is 0 Å². The number of benzene rings is 1. The molecule has 3 rings (SSSR count). The number of thiophene rings is 1. The third kappa shape index (κ3) is 3.72. The maximum absolute atomic E-state index is 11.9. The van der Waals surface area contributed by atoms with Crippen molar-refractivity contribution in [1.29, 1.82) is 0 Å². The molecule has 0 bridgehead atoms. The predicted octanol–water partition coefficient (Wildman–Crippen LogP) is 4.82. The van der Waals surface area contributed by atoms with E-state index >= 15 is 0 Å². The quantitative estimate of drug-likeness (QED) is 0.666. The van der Waals surface area contributed by atoms with Crippen LogP contribution in [-0.4, -0.2) is 10.9 Å². The van der Waals surface area contributed by atoms with Gasteiger partial charge in [0.1, 0.15) is 0 Å². The molecule has 2 aromatic heterocycles. The van der Waals surface area contributed by atoms with Crippen LogP contribution in [0.4, 0.5) is 5.69 Å². The molecule has 110 valence electrons. The number of aromatic nitrogens is 1. The minimum Gasteiger partial charge on any atom is -0.444 e. The lowest BCUT2D eigenvalue weighted by atomic mass is 10.1. The summed E-state index contributed by atoms with van der Waals surface area (Å²) in [7, 11) is 0. The van der Waals surface area contributed by atoms with Gasteiger partial charge in [0.25, 0.3) is 0 Å². The largest absolute Gasteiger partial charge is 0.444 e. The molecule has 22 heavy (non-hydrogen) atoms. The molecule has 0 aliphatic rings. The summed E-state index contributed by atoms with van der Waals surface area (Å²) in [6, 6.07) is 11.3. The van der Waals surface area contributed by atoms with E-state index in [-0.39, 0.29) is 5.91 Å². The van der Waals surface area contributed by atoms with Crippen molar-refractivity contribution in [2.75, 3.05) is 5.32 Å². The predicted molar refractivity (Wildman–Crippen MR) is 91.6 cm³/mol. The van der Waals surface area contributed by atoms with E-state index < -0.39 is 0 Å². The van der Waals surface area contributed by atoms with Gasteiger partial charge in [-0.3, -0.25) is 4.79 Å². The molecule has 0 saturated carbocycles. The Labute approximate surface area is 139 Å². The van der Waals surface area contributed by atoms with E-state index in [1.807, 2.05) is 36.4 Å². The standard InChI is InChI=1S/C16H11BrN2O2S/c17-15-6-4-13(22-15)5-7-16(20)19-12-3-1-2-11(8-12)14-9-18-10-21-14/h1-10H,(H,19,20)/b7-5+. The van der Waals surface area contributed by atoms with Crippen LogP contribution >= 0.6 is 27.3 Å². The summed E-state index contributed by atoms with van der Waals surface area (Å²) in [6.45, 7) is 0. The number of carbonyl (C=O) groups excluding carboxylic acids is 1. The summed E-state index contributed by atoms with van der Waals surface area (Å²) in [5, 5.41) is 2.83. The van der Waals surface area contributed by atoms with Gasteiger partial charge in [-0.2, -0.15) is 0 Å². The van der Waals surface area contributed by atoms with E-state index in [0.717, 1.165) is 14.2 Å². The molecule has 0 atom stereocenters. The lowest BCUT2D eigenvalue weighted by molar-refractivity contribution is -0.111. The zero-order valence-electron chi connectivity index (χ0n) is 11.3. The van der Waals surface area contributed by atoms with Gasteiger partial charge >= 0.3 is 0 Å². The molecule has 0 spiro atoms. The highest BCUT2D eigenvalue weighted by molar-refractivity contribution is 9.11. The van der Waals surface area contributed by atoms with Crippen molar-refractivity contribution in [3.8, 4) is 11.3 Å². The van der Waals surface area contributed by atoms with Gasteiger partial charge in [0.05, 0.1) is 9.98 Å². The van der Waals surface area contributed by atoms with E-state index in [9.17, 15) is 4.79 Å². The van der Waals surface area contributed by atoms with Gasteiger partial charge in [0.15, 0.2) is 12.2 Å². The SMILES string of the molecule is O=C(/C=C/c1ccc(Br)s1)Nc1cccc(-c2cnco2)c1. The second-order valence-electron chi connectivity index (χ2n) is 4.41. The monoisotopic (exact) mass is 374 g/mol. The Bertz CT molecular complexity index is 809. The first-order valence-electron chi connectivity index (χ1n) is 6.44. The molecule has 4 nitrogen and oxygen atoms in total. The van der Waals surface area contributed by atoms with Crippen LogP contribution in [0.25, 0.3) is 17.4 Å². The Kier molecular flexibility index (Phi) is 4.50. The van der Waals surface area contributed by atoms with Gasteiger partial charge < -0.3 is 9.73 Å². The first kappa shape index (κ1) is 14.7. The highest BCUT2D eigenvalue weighted by Gasteiger charge is 2.04. The van der Waals surface area contributed by atoms with Gasteiger partial charge in [0, 0.05) is 22.2 Å². The van der Waals surface area contributed by atoms with E-state index in [0.29, 0.717) is 11.4 Å². The summed E-state index contributed by atoms with van der Waals surface area (Å²) in [5.41, 5.74) is 1.57. The lowest BCUT2D eigenvalue weighted by Crippen LogP contribution is -2.07. The molecule has 0 aliphatic heterocycles. The van der Waals surface area contributed by atoms with Crippen LogP contribution in [0.1, 0.15) is 4.88 Å². The maximum Gasteiger partial charge on any atom is 0.248 e. The Morgan fingerprint density at radius 2 is 2.23 bits per heavy atom. The van der Waals surface area contributed by atoms with Crippen molar-refractivity contribution in [3.05, 3.63) is 63.7 Å². The molecule has 0 fully saturated rings. The van der Waals surface area contributed by atoms with Gasteiger partial charge in [0.2, 0.25) is 5.91 Å². The fraction of sp³-hybridized carbons (Fsp3) is 0. The average Bonchev–Trinajstić information content (AvgIpc) is 3.17. The van der Waals surface area contributed by atoms with Crippen LogP contribution in [0.15, 0.2) is 63.3 Å². The number of oxazole rings is 1. The number of nitrogens with zero attached hydrogens (tertiary/aromatic N) is 1. The van der Waals surface area contributed by atoms with Gasteiger partial charge in [-0.05, 0) is 46.3 Å². The first-order valence-corrected chi connectivity index (χ1v) is 8.05. The van der Waals surface area contributed by atoms with Crippen molar-refractivity contribution in [2.45, 2.75) is 0 Å². The number of rotatable bonds is 4. The van der Waals surface area contributed by atoms with Crippen molar-refractivity contribution in [3.63, 3.8) is 0 Å². The molecule has 1 aromatic carbocycles. The minimum absolute atomic E-state index is 0.181. The van der Waals surface area contributed by atoms with Crippen LogP contribution in [0.5, 0.6) is 0 Å². The van der Waals surface area contributed by atoms with E-state index in [1.54, 1.807) is 23.6 Å². The smallest absolute Gasteiger partial charge is 0.248 e. The topological polar surface area (TPSA) is 55.1 Å². The van der Waals surface area contributed by atoms with E-state index in [2.05, 4.69) is 26.2 Å². The van der Waals surface area contributed by atoms with E-state index in [1.165, 1.54) is 12.5 Å². The highest BCUT2D eigenvalue weighted by atomic mass is 79.9. The molecular formula is C16H11BrN2O2S. The summed E-state index contributed by atoms with van der Waals surface area (Å²) in [4.78, 5) is 16.8. The zero-order valence-corrected chi connectivity index (χ0v) is 13.7. The van der Waals surface area contributed by atoms with Gasteiger partial charge in [-0.25, -0.2) is 4.98 Å². The number of anilines is 1. The van der Waals surface area contributed by atoms with Crippen LogP contribution in [-0.2, 0) is 4.79 Å². The Morgan fingerprint density at radius 1 is 1.32 bits per heavy atom. The van der Waals surface area contributed by atoms with Gasteiger partial charge in [-0.1, -0.05) is 12.1 Å². The van der Waals surface area contributed by atoms with Crippen molar-refractivity contribution in [2.24, 2.45) is 0 Å². The second kappa shape index (κ2) is 6.72. The molecular weight excluding hydrogens is 364 g/mol. The number of halogens is 1. The molecule has 1 N–H and O–H groups in total. The lowest BCUT2D eigenvalue weighted by Gasteiger charge is -2.03. The third-order valence-corrected chi connectivity index (χ3v) is 4.43. The Morgan fingerprint density at radius 3 is 2.95 bits per heavy atom. The van der Waals surface area contributed by atoms with E-state index in [4.69, 9.17) is 4.42 Å². The summed E-state index contributed by atoms with van der Waals surface area (Å²) in [6.07, 6.45) is 6.31. The third-order valence-electron chi connectivity index (χ3n) is 2.84. The summed E-state index contributed by atoms with van der Waals surface area (Å²) in [5.74, 6) is 0.481. The Balaban J connectivity index is 1.69. The fourth-order valence-corrected chi connectivity index (χ4v) is 3.19. The number of amides is 1. The first-order chi connectivity index (χ1) is 10.7. The normalized spacial score (nSPS) is 11.0. The number of carbonyl (C=O) groups is 1.